The number of aryl methyl sites for hydroxylation is 1. The smallest absolute Gasteiger partial charge is 0.307 e. The Morgan fingerprint density at radius 3 is 2.77 bits per heavy atom. The number of hydrogen-bond acceptors (Lipinski definition) is 2. The summed E-state index contributed by atoms with van der Waals surface area (Å²) in [6.45, 7) is 1.87. The molecule has 1 N–H and O–H groups in total. The molecule has 13 heavy (non-hydrogen) atoms. The first-order valence-corrected chi connectivity index (χ1v) is 4.53. The first kappa shape index (κ1) is 10.4. The Labute approximate surface area is 86.9 Å². The average Bonchev–Trinajstić information content (AvgIpc) is 2.05. The zero-order chi connectivity index (χ0) is 10.0. The van der Waals surface area contributed by atoms with E-state index in [1.807, 2.05) is 13.0 Å². The van der Waals surface area contributed by atoms with Gasteiger partial charge in [-0.3, -0.25) is 4.79 Å². The van der Waals surface area contributed by atoms with Crippen LogP contribution in [0, 0.1) is 6.92 Å². The van der Waals surface area contributed by atoms with Crippen LogP contribution in [0.25, 0.3) is 0 Å². The van der Waals surface area contributed by atoms with Gasteiger partial charge in [-0.25, -0.2) is 0 Å². The number of benzene rings is 1. The fraction of sp³-hybridized carbons (Fsp3) is 0.222. The van der Waals surface area contributed by atoms with E-state index in [-0.39, 0.29) is 6.42 Å². The Balaban J connectivity index is 3.17. The Bertz CT molecular complexity index is 350. The molecule has 0 unspecified atom stereocenters. The average molecular weight is 217 g/mol. The molecule has 0 saturated carbocycles. The Morgan fingerprint density at radius 1 is 1.62 bits per heavy atom. The molecule has 0 aromatic heterocycles. The molecule has 0 heterocycles. The van der Waals surface area contributed by atoms with Gasteiger partial charge >= 0.3 is 5.97 Å². The standard InChI is InChI=1S/C9H9ClO2S/c1-5-2-3-7(10)6(9(5)13)4-8(11)12/h2-3,13H,4H2,1H3,(H,11,12). The molecule has 70 valence electrons. The van der Waals surface area contributed by atoms with E-state index in [9.17, 15) is 4.79 Å². The summed E-state index contributed by atoms with van der Waals surface area (Å²) in [5, 5.41) is 9.07. The number of rotatable bonds is 2. The molecule has 0 aliphatic rings. The molecule has 0 bridgehead atoms. The Kier molecular flexibility index (Phi) is 3.22. The minimum atomic E-state index is -0.900. The third-order valence-corrected chi connectivity index (χ3v) is 2.73. The van der Waals surface area contributed by atoms with Crippen LogP contribution < -0.4 is 0 Å². The molecule has 1 aromatic rings. The normalized spacial score (nSPS) is 10.1. The van der Waals surface area contributed by atoms with Crippen molar-refractivity contribution in [3.63, 3.8) is 0 Å². The molecule has 0 radical (unpaired) electrons. The number of thiol groups is 1. The van der Waals surface area contributed by atoms with Gasteiger partial charge in [0.2, 0.25) is 0 Å². The van der Waals surface area contributed by atoms with E-state index >= 15 is 0 Å². The third kappa shape index (κ3) is 2.39. The van der Waals surface area contributed by atoms with Gasteiger partial charge in [0.15, 0.2) is 0 Å². The van der Waals surface area contributed by atoms with E-state index in [2.05, 4.69) is 12.6 Å². The van der Waals surface area contributed by atoms with Gasteiger partial charge < -0.3 is 5.11 Å². The zero-order valence-electron chi connectivity index (χ0n) is 7.04. The van der Waals surface area contributed by atoms with Crippen molar-refractivity contribution in [1.29, 1.82) is 0 Å². The van der Waals surface area contributed by atoms with Crippen molar-refractivity contribution in [3.8, 4) is 0 Å². The minimum Gasteiger partial charge on any atom is -0.481 e. The SMILES string of the molecule is Cc1ccc(Cl)c(CC(=O)O)c1S. The molecule has 0 aliphatic heterocycles. The molecule has 0 saturated heterocycles. The van der Waals surface area contributed by atoms with Gasteiger partial charge in [0, 0.05) is 9.92 Å². The first-order chi connectivity index (χ1) is 6.02. The first-order valence-electron chi connectivity index (χ1n) is 3.71. The number of carboxylic acids is 1. The highest BCUT2D eigenvalue weighted by atomic mass is 35.5. The van der Waals surface area contributed by atoms with Crippen LogP contribution >= 0.6 is 24.2 Å². The molecule has 4 heteroatoms. The van der Waals surface area contributed by atoms with Gasteiger partial charge in [-0.1, -0.05) is 17.7 Å². The highest BCUT2D eigenvalue weighted by Gasteiger charge is 2.10. The second kappa shape index (κ2) is 4.03. The van der Waals surface area contributed by atoms with Crippen LogP contribution in [-0.4, -0.2) is 11.1 Å². The lowest BCUT2D eigenvalue weighted by molar-refractivity contribution is -0.136. The van der Waals surface area contributed by atoms with E-state index in [1.165, 1.54) is 0 Å². The highest BCUT2D eigenvalue weighted by molar-refractivity contribution is 7.80. The maximum Gasteiger partial charge on any atom is 0.307 e. The van der Waals surface area contributed by atoms with E-state index in [1.54, 1.807) is 6.07 Å². The molecule has 0 atom stereocenters. The summed E-state index contributed by atoms with van der Waals surface area (Å²) in [7, 11) is 0. The van der Waals surface area contributed by atoms with E-state index in [0.29, 0.717) is 15.5 Å². The molecule has 0 spiro atoms. The predicted octanol–water partition coefficient (Wildman–Crippen LogP) is 2.56. The van der Waals surface area contributed by atoms with Crippen LogP contribution in [0.3, 0.4) is 0 Å². The fourth-order valence-corrected chi connectivity index (χ4v) is 1.61. The summed E-state index contributed by atoms with van der Waals surface area (Å²) in [5.74, 6) is -0.900. The third-order valence-electron chi connectivity index (χ3n) is 1.76. The van der Waals surface area contributed by atoms with Crippen LogP contribution in [0.15, 0.2) is 17.0 Å². The lowest BCUT2D eigenvalue weighted by Gasteiger charge is -2.07. The number of hydrogen-bond donors (Lipinski definition) is 2. The van der Waals surface area contributed by atoms with Crippen molar-refractivity contribution in [2.45, 2.75) is 18.2 Å². The van der Waals surface area contributed by atoms with Gasteiger partial charge in [-0.05, 0) is 24.1 Å². The summed E-state index contributed by atoms with van der Waals surface area (Å²) in [4.78, 5) is 11.2. The van der Waals surface area contributed by atoms with Gasteiger partial charge in [-0.2, -0.15) is 0 Å². The number of halogens is 1. The summed E-state index contributed by atoms with van der Waals surface area (Å²) < 4.78 is 0. The molecule has 0 aliphatic carbocycles. The fourth-order valence-electron chi connectivity index (χ4n) is 1.05. The predicted molar refractivity (Wildman–Crippen MR) is 54.8 cm³/mol. The van der Waals surface area contributed by atoms with E-state index in [0.717, 1.165) is 5.56 Å². The maximum absolute atomic E-state index is 10.5. The monoisotopic (exact) mass is 216 g/mol. The maximum atomic E-state index is 10.5. The Hall–Kier alpha value is -0.670. The number of aliphatic carboxylic acids is 1. The summed E-state index contributed by atoms with van der Waals surface area (Å²) in [6, 6.07) is 3.50. The second-order valence-corrected chi connectivity index (χ2v) is 3.62. The van der Waals surface area contributed by atoms with Crippen LogP contribution in [0.5, 0.6) is 0 Å². The molecule has 1 rings (SSSR count). The van der Waals surface area contributed by atoms with Crippen molar-refractivity contribution in [1.82, 2.24) is 0 Å². The molecular weight excluding hydrogens is 208 g/mol. The largest absolute Gasteiger partial charge is 0.481 e. The molecule has 0 amide bonds. The molecule has 2 nitrogen and oxygen atoms in total. The van der Waals surface area contributed by atoms with Crippen molar-refractivity contribution >= 4 is 30.2 Å². The Morgan fingerprint density at radius 2 is 2.23 bits per heavy atom. The zero-order valence-corrected chi connectivity index (χ0v) is 8.69. The molecule has 1 aromatic carbocycles. The summed E-state index contributed by atoms with van der Waals surface area (Å²) >= 11 is 10.0. The van der Waals surface area contributed by atoms with Crippen molar-refractivity contribution in [3.05, 3.63) is 28.3 Å². The minimum absolute atomic E-state index is 0.0840. The number of carboxylic acid groups (broad SMARTS) is 1. The van der Waals surface area contributed by atoms with E-state index < -0.39 is 5.97 Å². The summed E-state index contributed by atoms with van der Waals surface area (Å²) in [5.41, 5.74) is 1.52. The van der Waals surface area contributed by atoms with Crippen LogP contribution in [0.4, 0.5) is 0 Å². The van der Waals surface area contributed by atoms with Gasteiger partial charge in [-0.15, -0.1) is 12.6 Å². The topological polar surface area (TPSA) is 37.3 Å². The number of carbonyl (C=O) groups is 1. The van der Waals surface area contributed by atoms with Crippen LogP contribution in [-0.2, 0) is 11.2 Å². The lowest BCUT2D eigenvalue weighted by atomic mass is 10.1. The quantitative estimate of drug-likeness (QED) is 0.746. The summed E-state index contributed by atoms with van der Waals surface area (Å²) in [6.07, 6.45) is -0.0840. The molecular formula is C9H9ClO2S. The van der Waals surface area contributed by atoms with E-state index in [4.69, 9.17) is 16.7 Å². The van der Waals surface area contributed by atoms with Gasteiger partial charge in [0.1, 0.15) is 0 Å². The molecule has 0 fully saturated rings. The van der Waals surface area contributed by atoms with Crippen LogP contribution in [0.2, 0.25) is 5.02 Å². The van der Waals surface area contributed by atoms with Crippen molar-refractivity contribution < 1.29 is 9.90 Å². The van der Waals surface area contributed by atoms with Crippen molar-refractivity contribution in [2.24, 2.45) is 0 Å². The van der Waals surface area contributed by atoms with Gasteiger partial charge in [0.25, 0.3) is 0 Å². The van der Waals surface area contributed by atoms with Crippen molar-refractivity contribution in [2.75, 3.05) is 0 Å². The second-order valence-electron chi connectivity index (χ2n) is 2.76. The lowest BCUT2D eigenvalue weighted by Crippen LogP contribution is -2.02. The van der Waals surface area contributed by atoms with Gasteiger partial charge in [0.05, 0.1) is 6.42 Å². The van der Waals surface area contributed by atoms with Crippen LogP contribution in [0.1, 0.15) is 11.1 Å². The highest BCUT2D eigenvalue weighted by Crippen LogP contribution is 2.26.